The predicted molar refractivity (Wildman–Crippen MR) is 63.7 cm³/mol. The molecule has 0 aromatic carbocycles. The van der Waals surface area contributed by atoms with Crippen LogP contribution in [0.25, 0.3) is 0 Å². The van der Waals surface area contributed by atoms with Gasteiger partial charge < -0.3 is 19.6 Å². The fraction of sp³-hybridized carbons (Fsp3) is 0.900. The van der Waals surface area contributed by atoms with Crippen LogP contribution in [0.15, 0.2) is 0 Å². The van der Waals surface area contributed by atoms with Crippen LogP contribution in [0.4, 0.5) is 0 Å². The van der Waals surface area contributed by atoms with Crippen LogP contribution in [0.1, 0.15) is 39.0 Å². The number of esters is 1. The van der Waals surface area contributed by atoms with E-state index in [2.05, 4.69) is 11.4 Å². The Labute approximate surface area is 106 Å². The van der Waals surface area contributed by atoms with Crippen molar-refractivity contribution in [1.29, 1.82) is 0 Å². The minimum atomic E-state index is -4.59. The highest BCUT2D eigenvalue weighted by Gasteiger charge is 2.17. The van der Waals surface area contributed by atoms with Crippen LogP contribution in [0.2, 0.25) is 0 Å². The Kier molecular flexibility index (Phi) is 9.23. The van der Waals surface area contributed by atoms with Gasteiger partial charge in [0.1, 0.15) is 12.7 Å². The lowest BCUT2D eigenvalue weighted by Gasteiger charge is -2.12. The van der Waals surface area contributed by atoms with Crippen molar-refractivity contribution in [3.8, 4) is 0 Å². The molecule has 7 nitrogen and oxygen atoms in total. The molecule has 108 valence electrons. The fourth-order valence-electron chi connectivity index (χ4n) is 1.19. The highest BCUT2D eigenvalue weighted by molar-refractivity contribution is 7.46. The van der Waals surface area contributed by atoms with Crippen LogP contribution in [-0.4, -0.2) is 40.2 Å². The van der Waals surface area contributed by atoms with E-state index < -0.39 is 26.5 Å². The van der Waals surface area contributed by atoms with E-state index in [1.807, 2.05) is 0 Å². The maximum absolute atomic E-state index is 11.2. The molecule has 0 aromatic rings. The first-order chi connectivity index (χ1) is 8.35. The zero-order valence-corrected chi connectivity index (χ0v) is 11.3. The van der Waals surface area contributed by atoms with Crippen molar-refractivity contribution in [3.63, 3.8) is 0 Å². The van der Waals surface area contributed by atoms with Gasteiger partial charge in [-0.15, -0.1) is 0 Å². The average Bonchev–Trinajstić information content (AvgIpc) is 2.28. The molecule has 0 heterocycles. The number of phosphoric ester groups is 1. The van der Waals surface area contributed by atoms with Gasteiger partial charge in [0.25, 0.3) is 0 Å². The molecule has 0 saturated heterocycles. The van der Waals surface area contributed by atoms with Gasteiger partial charge in [0, 0.05) is 6.42 Å². The molecule has 0 radical (unpaired) electrons. The van der Waals surface area contributed by atoms with Gasteiger partial charge >= 0.3 is 13.8 Å². The molecule has 3 N–H and O–H groups in total. The molecular formula is C10H21O7P. The molecule has 0 spiro atoms. The summed E-state index contributed by atoms with van der Waals surface area (Å²) in [4.78, 5) is 27.9. The number of carbonyl (C=O) groups is 1. The molecule has 0 fully saturated rings. The second-order valence-electron chi connectivity index (χ2n) is 3.93. The van der Waals surface area contributed by atoms with Crippen molar-refractivity contribution >= 4 is 13.8 Å². The SMILES string of the molecule is CCCCCCC(=O)OCC(O)COP(=O)(O)O. The molecule has 1 atom stereocenters. The minimum Gasteiger partial charge on any atom is -0.463 e. The van der Waals surface area contributed by atoms with E-state index in [0.29, 0.717) is 0 Å². The normalized spacial score (nSPS) is 13.3. The molecule has 8 heteroatoms. The summed E-state index contributed by atoms with van der Waals surface area (Å²) in [6.45, 7) is 1.16. The highest BCUT2D eigenvalue weighted by atomic mass is 31.2. The molecule has 0 aromatic heterocycles. The number of unbranched alkanes of at least 4 members (excludes halogenated alkanes) is 3. The van der Waals surface area contributed by atoms with Gasteiger partial charge in [-0.2, -0.15) is 0 Å². The Morgan fingerprint density at radius 3 is 2.44 bits per heavy atom. The van der Waals surface area contributed by atoms with Gasteiger partial charge in [0.2, 0.25) is 0 Å². The number of phosphoric acid groups is 1. The third kappa shape index (κ3) is 12.0. The van der Waals surface area contributed by atoms with Gasteiger partial charge in [-0.1, -0.05) is 26.2 Å². The Bertz CT molecular complexity index is 275. The van der Waals surface area contributed by atoms with E-state index in [1.54, 1.807) is 0 Å². The number of rotatable bonds is 10. The summed E-state index contributed by atoms with van der Waals surface area (Å²) in [5.74, 6) is -0.429. The van der Waals surface area contributed by atoms with Crippen LogP contribution in [0, 0.1) is 0 Å². The third-order valence-corrected chi connectivity index (χ3v) is 2.59. The summed E-state index contributed by atoms with van der Waals surface area (Å²) in [5.41, 5.74) is 0. The first kappa shape index (κ1) is 17.5. The van der Waals surface area contributed by atoms with Crippen molar-refractivity contribution in [2.45, 2.75) is 45.1 Å². The summed E-state index contributed by atoms with van der Waals surface area (Å²) in [7, 11) is -4.59. The standard InChI is InChI=1S/C10H21O7P/c1-2-3-4-5-6-10(12)16-7-9(11)8-17-18(13,14)15/h9,11H,2-8H2,1H3,(H2,13,14,15). The second-order valence-corrected chi connectivity index (χ2v) is 5.17. The smallest absolute Gasteiger partial charge is 0.463 e. The van der Waals surface area contributed by atoms with E-state index in [-0.39, 0.29) is 13.0 Å². The van der Waals surface area contributed by atoms with Gasteiger partial charge in [-0.05, 0) is 6.42 Å². The van der Waals surface area contributed by atoms with Crippen LogP contribution in [0.5, 0.6) is 0 Å². The lowest BCUT2D eigenvalue weighted by atomic mass is 10.2. The van der Waals surface area contributed by atoms with E-state index >= 15 is 0 Å². The van der Waals surface area contributed by atoms with Crippen molar-refractivity contribution in [2.75, 3.05) is 13.2 Å². The molecule has 0 aliphatic carbocycles. The van der Waals surface area contributed by atoms with E-state index in [0.717, 1.165) is 25.7 Å². The fourth-order valence-corrected chi connectivity index (χ4v) is 1.55. The number of ether oxygens (including phenoxy) is 1. The summed E-state index contributed by atoms with van der Waals surface area (Å²) in [6, 6.07) is 0. The first-order valence-corrected chi connectivity index (χ1v) is 7.42. The summed E-state index contributed by atoms with van der Waals surface area (Å²) >= 11 is 0. The average molecular weight is 284 g/mol. The largest absolute Gasteiger partial charge is 0.469 e. The number of aliphatic hydroxyl groups is 1. The minimum absolute atomic E-state index is 0.284. The van der Waals surface area contributed by atoms with Crippen molar-refractivity contribution < 1.29 is 33.5 Å². The summed E-state index contributed by atoms with van der Waals surface area (Å²) < 4.78 is 19.1. The zero-order valence-electron chi connectivity index (χ0n) is 10.4. The van der Waals surface area contributed by atoms with E-state index in [9.17, 15) is 14.5 Å². The van der Waals surface area contributed by atoms with E-state index in [1.165, 1.54) is 0 Å². The Balaban J connectivity index is 3.56. The molecule has 0 saturated carbocycles. The Morgan fingerprint density at radius 2 is 1.89 bits per heavy atom. The number of carbonyl (C=O) groups excluding carboxylic acids is 1. The van der Waals surface area contributed by atoms with Crippen LogP contribution >= 0.6 is 7.82 Å². The van der Waals surface area contributed by atoms with E-state index in [4.69, 9.17) is 14.5 Å². The predicted octanol–water partition coefficient (Wildman–Crippen LogP) is 0.970. The zero-order chi connectivity index (χ0) is 14.0. The van der Waals surface area contributed by atoms with Gasteiger partial charge in [0.15, 0.2) is 0 Å². The summed E-state index contributed by atoms with van der Waals surface area (Å²) in [6.07, 6.45) is 2.88. The lowest BCUT2D eigenvalue weighted by molar-refractivity contribution is -0.147. The molecular weight excluding hydrogens is 263 g/mol. The topological polar surface area (TPSA) is 113 Å². The second kappa shape index (κ2) is 9.47. The Morgan fingerprint density at radius 1 is 1.22 bits per heavy atom. The number of hydrogen-bond acceptors (Lipinski definition) is 5. The molecule has 0 aliphatic rings. The third-order valence-electron chi connectivity index (χ3n) is 2.11. The number of hydrogen-bond donors (Lipinski definition) is 3. The molecule has 18 heavy (non-hydrogen) atoms. The van der Waals surface area contributed by atoms with Crippen molar-refractivity contribution in [2.24, 2.45) is 0 Å². The maximum atomic E-state index is 11.2. The molecule has 0 aliphatic heterocycles. The van der Waals surface area contributed by atoms with Crippen molar-refractivity contribution in [1.82, 2.24) is 0 Å². The maximum Gasteiger partial charge on any atom is 0.469 e. The van der Waals surface area contributed by atoms with Gasteiger partial charge in [0.05, 0.1) is 6.61 Å². The monoisotopic (exact) mass is 284 g/mol. The molecule has 0 rings (SSSR count). The molecule has 0 amide bonds. The molecule has 0 bridgehead atoms. The van der Waals surface area contributed by atoms with Crippen molar-refractivity contribution in [3.05, 3.63) is 0 Å². The lowest BCUT2D eigenvalue weighted by Crippen LogP contribution is -2.23. The van der Waals surface area contributed by atoms with Gasteiger partial charge in [-0.3, -0.25) is 9.32 Å². The summed E-state index contributed by atoms with van der Waals surface area (Å²) in [5, 5.41) is 9.23. The van der Waals surface area contributed by atoms with Gasteiger partial charge in [-0.25, -0.2) is 4.57 Å². The van der Waals surface area contributed by atoms with Crippen LogP contribution < -0.4 is 0 Å². The first-order valence-electron chi connectivity index (χ1n) is 5.89. The van der Waals surface area contributed by atoms with Crippen LogP contribution in [0.3, 0.4) is 0 Å². The highest BCUT2D eigenvalue weighted by Crippen LogP contribution is 2.35. The number of aliphatic hydroxyl groups excluding tert-OH is 1. The molecule has 1 unspecified atom stereocenters. The van der Waals surface area contributed by atoms with Crippen LogP contribution in [-0.2, 0) is 18.6 Å². The quantitative estimate of drug-likeness (QED) is 0.311. The Hall–Kier alpha value is -0.460.